The molecule has 1 N–H and O–H groups in total. The summed E-state index contributed by atoms with van der Waals surface area (Å²) in [4.78, 5) is 11.2. The molecular weight excluding hydrogens is 192 g/mol. The number of hydrogen-bond acceptors (Lipinski definition) is 3. The number of benzene rings is 1. The SMILES string of the molecule is CCOC(=O)c1c(O)cccc1Cl. The van der Waals surface area contributed by atoms with Gasteiger partial charge in [-0.2, -0.15) is 0 Å². The molecule has 0 heterocycles. The number of hydrogen-bond donors (Lipinski definition) is 1. The van der Waals surface area contributed by atoms with Gasteiger partial charge in [-0.3, -0.25) is 0 Å². The second kappa shape index (κ2) is 4.14. The highest BCUT2D eigenvalue weighted by atomic mass is 35.5. The number of aromatic hydroxyl groups is 1. The summed E-state index contributed by atoms with van der Waals surface area (Å²) in [7, 11) is 0. The Morgan fingerprint density at radius 1 is 1.62 bits per heavy atom. The maximum atomic E-state index is 11.2. The number of halogens is 1. The van der Waals surface area contributed by atoms with Crippen LogP contribution in [0.25, 0.3) is 0 Å². The van der Waals surface area contributed by atoms with Gasteiger partial charge in [0.2, 0.25) is 0 Å². The molecule has 0 atom stereocenters. The van der Waals surface area contributed by atoms with Gasteiger partial charge < -0.3 is 9.84 Å². The van der Waals surface area contributed by atoms with Crippen LogP contribution >= 0.6 is 11.6 Å². The first-order valence-corrected chi connectivity index (χ1v) is 4.19. The van der Waals surface area contributed by atoms with E-state index in [0.29, 0.717) is 0 Å². The van der Waals surface area contributed by atoms with Crippen molar-refractivity contribution in [3.8, 4) is 5.75 Å². The van der Waals surface area contributed by atoms with Crippen LogP contribution in [0.2, 0.25) is 5.02 Å². The van der Waals surface area contributed by atoms with Crippen molar-refractivity contribution in [1.82, 2.24) is 0 Å². The van der Waals surface area contributed by atoms with Crippen molar-refractivity contribution >= 4 is 17.6 Å². The van der Waals surface area contributed by atoms with Gasteiger partial charge in [-0.25, -0.2) is 4.79 Å². The molecule has 0 unspecified atom stereocenters. The smallest absolute Gasteiger partial charge is 0.343 e. The number of ether oxygens (including phenoxy) is 1. The van der Waals surface area contributed by atoms with Crippen molar-refractivity contribution in [2.75, 3.05) is 6.61 Å². The Bertz CT molecular complexity index is 302. The molecule has 3 nitrogen and oxygen atoms in total. The third kappa shape index (κ3) is 2.12. The zero-order valence-electron chi connectivity index (χ0n) is 7.08. The molecule has 0 aliphatic rings. The third-order valence-electron chi connectivity index (χ3n) is 1.47. The van der Waals surface area contributed by atoms with E-state index in [-0.39, 0.29) is 22.9 Å². The van der Waals surface area contributed by atoms with Gasteiger partial charge in [0.15, 0.2) is 0 Å². The molecule has 0 bridgehead atoms. The van der Waals surface area contributed by atoms with Crippen LogP contribution < -0.4 is 0 Å². The molecule has 13 heavy (non-hydrogen) atoms. The second-order valence-corrected chi connectivity index (χ2v) is 2.76. The summed E-state index contributed by atoms with van der Waals surface area (Å²) in [6.45, 7) is 1.94. The van der Waals surface area contributed by atoms with Gasteiger partial charge in [0.05, 0.1) is 11.6 Å². The lowest BCUT2D eigenvalue weighted by Crippen LogP contribution is -2.05. The summed E-state index contributed by atoms with van der Waals surface area (Å²) < 4.78 is 4.71. The Morgan fingerprint density at radius 3 is 2.85 bits per heavy atom. The summed E-state index contributed by atoms with van der Waals surface area (Å²) in [5.41, 5.74) is 0.0195. The molecule has 0 aliphatic heterocycles. The predicted octanol–water partition coefficient (Wildman–Crippen LogP) is 2.22. The van der Waals surface area contributed by atoms with Crippen LogP contribution in [0.4, 0.5) is 0 Å². The highest BCUT2D eigenvalue weighted by molar-refractivity contribution is 6.33. The highest BCUT2D eigenvalue weighted by Gasteiger charge is 2.15. The first kappa shape index (κ1) is 9.86. The maximum absolute atomic E-state index is 11.2. The quantitative estimate of drug-likeness (QED) is 0.745. The van der Waals surface area contributed by atoms with Gasteiger partial charge in [0.25, 0.3) is 0 Å². The lowest BCUT2D eigenvalue weighted by atomic mass is 10.2. The molecule has 4 heteroatoms. The first-order chi connectivity index (χ1) is 6.16. The van der Waals surface area contributed by atoms with Crippen LogP contribution in [-0.2, 0) is 4.74 Å². The zero-order valence-corrected chi connectivity index (χ0v) is 7.84. The molecule has 1 aromatic carbocycles. The molecule has 70 valence electrons. The molecule has 0 amide bonds. The standard InChI is InChI=1S/C9H9ClO3/c1-2-13-9(12)8-6(10)4-3-5-7(8)11/h3-5,11H,2H2,1H3. The van der Waals surface area contributed by atoms with Gasteiger partial charge in [-0.15, -0.1) is 0 Å². The summed E-state index contributed by atoms with van der Waals surface area (Å²) in [6.07, 6.45) is 0. The van der Waals surface area contributed by atoms with Gasteiger partial charge in [-0.1, -0.05) is 17.7 Å². The zero-order chi connectivity index (χ0) is 9.84. The Kier molecular flexibility index (Phi) is 3.14. The molecular formula is C9H9ClO3. The number of phenols is 1. The number of esters is 1. The van der Waals surface area contributed by atoms with Gasteiger partial charge in [-0.05, 0) is 19.1 Å². The van der Waals surface area contributed by atoms with Crippen LogP contribution in [0.1, 0.15) is 17.3 Å². The molecule has 0 aromatic heterocycles. The minimum Gasteiger partial charge on any atom is -0.507 e. The number of rotatable bonds is 2. The van der Waals surface area contributed by atoms with Gasteiger partial charge >= 0.3 is 5.97 Å². The van der Waals surface area contributed by atoms with Crippen molar-refractivity contribution < 1.29 is 14.6 Å². The lowest BCUT2D eigenvalue weighted by Gasteiger charge is -2.05. The predicted molar refractivity (Wildman–Crippen MR) is 49.1 cm³/mol. The van der Waals surface area contributed by atoms with E-state index in [1.54, 1.807) is 13.0 Å². The van der Waals surface area contributed by atoms with Crippen LogP contribution in [0.3, 0.4) is 0 Å². The van der Waals surface area contributed by atoms with Crippen molar-refractivity contribution in [3.05, 3.63) is 28.8 Å². The summed E-state index contributed by atoms with van der Waals surface area (Å²) in [6, 6.07) is 4.46. The average Bonchev–Trinajstić information content (AvgIpc) is 2.04. The van der Waals surface area contributed by atoms with Gasteiger partial charge in [0.1, 0.15) is 11.3 Å². The van der Waals surface area contributed by atoms with E-state index in [1.807, 2.05) is 0 Å². The minimum atomic E-state index is -0.606. The summed E-state index contributed by atoms with van der Waals surface area (Å²) >= 11 is 5.70. The van der Waals surface area contributed by atoms with E-state index in [0.717, 1.165) is 0 Å². The molecule has 1 aromatic rings. The van der Waals surface area contributed by atoms with E-state index < -0.39 is 5.97 Å². The van der Waals surface area contributed by atoms with Crippen molar-refractivity contribution in [2.24, 2.45) is 0 Å². The van der Waals surface area contributed by atoms with Crippen LogP contribution in [0.5, 0.6) is 5.75 Å². The summed E-state index contributed by atoms with van der Waals surface area (Å²) in [5.74, 6) is -0.767. The second-order valence-electron chi connectivity index (χ2n) is 2.35. The van der Waals surface area contributed by atoms with E-state index in [4.69, 9.17) is 16.3 Å². The molecule has 0 aliphatic carbocycles. The highest BCUT2D eigenvalue weighted by Crippen LogP contribution is 2.25. The molecule has 0 fully saturated rings. The third-order valence-corrected chi connectivity index (χ3v) is 1.79. The van der Waals surface area contributed by atoms with E-state index in [1.165, 1.54) is 12.1 Å². The Balaban J connectivity index is 3.05. The monoisotopic (exact) mass is 200 g/mol. The number of carbonyl (C=O) groups is 1. The molecule has 0 spiro atoms. The van der Waals surface area contributed by atoms with Crippen LogP contribution in [0, 0.1) is 0 Å². The fourth-order valence-electron chi connectivity index (χ4n) is 0.918. The Labute approximate surface area is 80.9 Å². The van der Waals surface area contributed by atoms with E-state index in [9.17, 15) is 9.90 Å². The average molecular weight is 201 g/mol. The topological polar surface area (TPSA) is 46.5 Å². The lowest BCUT2D eigenvalue weighted by molar-refractivity contribution is 0.0523. The summed E-state index contributed by atoms with van der Waals surface area (Å²) in [5, 5.41) is 9.50. The molecule has 0 radical (unpaired) electrons. The molecule has 1 rings (SSSR count). The minimum absolute atomic E-state index is 0.0195. The van der Waals surface area contributed by atoms with Gasteiger partial charge in [0, 0.05) is 0 Å². The molecule has 0 saturated heterocycles. The Hall–Kier alpha value is -1.22. The largest absolute Gasteiger partial charge is 0.507 e. The first-order valence-electron chi connectivity index (χ1n) is 3.81. The fraction of sp³-hybridized carbons (Fsp3) is 0.222. The van der Waals surface area contributed by atoms with E-state index >= 15 is 0 Å². The number of carbonyl (C=O) groups excluding carboxylic acids is 1. The van der Waals surface area contributed by atoms with Crippen LogP contribution in [0.15, 0.2) is 18.2 Å². The van der Waals surface area contributed by atoms with Crippen molar-refractivity contribution in [1.29, 1.82) is 0 Å². The normalized spacial score (nSPS) is 9.69. The van der Waals surface area contributed by atoms with Crippen LogP contribution in [-0.4, -0.2) is 17.7 Å². The fourth-order valence-corrected chi connectivity index (χ4v) is 1.16. The van der Waals surface area contributed by atoms with Crippen molar-refractivity contribution in [2.45, 2.75) is 6.92 Å². The molecule has 0 saturated carbocycles. The van der Waals surface area contributed by atoms with Crippen molar-refractivity contribution in [3.63, 3.8) is 0 Å². The maximum Gasteiger partial charge on any atom is 0.343 e. The number of phenolic OH excluding ortho intramolecular Hbond substituents is 1. The Morgan fingerprint density at radius 2 is 2.31 bits per heavy atom. The van der Waals surface area contributed by atoms with E-state index in [2.05, 4.69) is 0 Å².